The van der Waals surface area contributed by atoms with Crippen LogP contribution in [0.2, 0.25) is 5.15 Å². The first-order chi connectivity index (χ1) is 11.6. The Hall–Kier alpha value is -1.09. The molecule has 0 spiro atoms. The second-order valence-corrected chi connectivity index (χ2v) is 6.49. The molecular weight excluding hydrogens is 453 g/mol. The van der Waals surface area contributed by atoms with Crippen LogP contribution in [-0.4, -0.2) is 47.9 Å². The lowest BCUT2D eigenvalue weighted by Gasteiger charge is -2.34. The maximum absolute atomic E-state index is 11.2. The lowest BCUT2D eigenvalue weighted by Crippen LogP contribution is -2.47. The van der Waals surface area contributed by atoms with Gasteiger partial charge >= 0.3 is 0 Å². The van der Waals surface area contributed by atoms with E-state index in [4.69, 9.17) is 22.3 Å². The van der Waals surface area contributed by atoms with Crippen molar-refractivity contribution in [2.24, 2.45) is 16.6 Å². The number of nitrogens with one attached hydrogen (secondary N) is 1. The number of carbonyl (C=O) groups is 1. The van der Waals surface area contributed by atoms with Crippen LogP contribution >= 0.6 is 35.6 Å². The van der Waals surface area contributed by atoms with Crippen molar-refractivity contribution in [2.45, 2.75) is 32.6 Å². The van der Waals surface area contributed by atoms with Gasteiger partial charge in [0.25, 0.3) is 0 Å². The van der Waals surface area contributed by atoms with Crippen molar-refractivity contribution in [3.8, 4) is 0 Å². The SMILES string of the molecule is CCNC(=NCCc1ccc(Cl)nc1)N1CCCC(CC(N)=O)C1.I. The Kier molecular flexibility index (Phi) is 10.1. The number of guanidine groups is 1. The van der Waals surface area contributed by atoms with Crippen LogP contribution in [0.5, 0.6) is 0 Å². The van der Waals surface area contributed by atoms with Gasteiger partial charge in [0.15, 0.2) is 5.96 Å². The topological polar surface area (TPSA) is 83.6 Å². The molecule has 1 aliphatic heterocycles. The largest absolute Gasteiger partial charge is 0.370 e. The van der Waals surface area contributed by atoms with Gasteiger partial charge in [-0.05, 0) is 43.7 Å². The number of aromatic nitrogens is 1. The average Bonchev–Trinajstić information content (AvgIpc) is 2.55. The van der Waals surface area contributed by atoms with Crippen molar-refractivity contribution in [3.63, 3.8) is 0 Å². The lowest BCUT2D eigenvalue weighted by atomic mass is 9.95. The van der Waals surface area contributed by atoms with Crippen LogP contribution in [-0.2, 0) is 11.2 Å². The normalized spacial score (nSPS) is 17.8. The van der Waals surface area contributed by atoms with Gasteiger partial charge in [0.05, 0.1) is 0 Å². The predicted molar refractivity (Wildman–Crippen MR) is 112 cm³/mol. The number of nitrogens with zero attached hydrogens (tertiary/aromatic N) is 3. The van der Waals surface area contributed by atoms with Crippen molar-refractivity contribution in [2.75, 3.05) is 26.2 Å². The van der Waals surface area contributed by atoms with Crippen LogP contribution in [0.25, 0.3) is 0 Å². The molecule has 1 unspecified atom stereocenters. The molecule has 8 heteroatoms. The first-order valence-electron chi connectivity index (χ1n) is 8.50. The molecule has 6 nitrogen and oxygen atoms in total. The summed E-state index contributed by atoms with van der Waals surface area (Å²) in [6.45, 7) is 5.35. The zero-order valence-corrected chi connectivity index (χ0v) is 17.7. The molecule has 1 amide bonds. The number of likely N-dealkylation sites (tertiary alicyclic amines) is 1. The fourth-order valence-electron chi connectivity index (χ4n) is 2.98. The van der Waals surface area contributed by atoms with Crippen LogP contribution in [0.3, 0.4) is 0 Å². The van der Waals surface area contributed by atoms with Crippen molar-refractivity contribution in [1.82, 2.24) is 15.2 Å². The minimum absolute atomic E-state index is 0. The van der Waals surface area contributed by atoms with E-state index in [0.29, 0.717) is 24.0 Å². The first kappa shape index (κ1) is 22.0. The molecule has 2 rings (SSSR count). The molecule has 0 aromatic carbocycles. The van der Waals surface area contributed by atoms with Gasteiger partial charge in [-0.25, -0.2) is 4.98 Å². The van der Waals surface area contributed by atoms with E-state index in [0.717, 1.165) is 50.4 Å². The first-order valence-corrected chi connectivity index (χ1v) is 8.88. The van der Waals surface area contributed by atoms with E-state index in [-0.39, 0.29) is 29.9 Å². The van der Waals surface area contributed by atoms with E-state index in [9.17, 15) is 4.79 Å². The number of carbonyl (C=O) groups excluding carboxylic acids is 1. The highest BCUT2D eigenvalue weighted by molar-refractivity contribution is 14.0. The number of aliphatic imine (C=N–C) groups is 1. The van der Waals surface area contributed by atoms with Gasteiger partial charge in [-0.2, -0.15) is 0 Å². The lowest BCUT2D eigenvalue weighted by molar-refractivity contribution is -0.119. The molecule has 0 bridgehead atoms. The summed E-state index contributed by atoms with van der Waals surface area (Å²) < 4.78 is 0. The van der Waals surface area contributed by atoms with Gasteiger partial charge < -0.3 is 16.0 Å². The third-order valence-corrected chi connectivity index (χ3v) is 4.32. The second-order valence-electron chi connectivity index (χ2n) is 6.10. The van der Waals surface area contributed by atoms with E-state index < -0.39 is 0 Å². The summed E-state index contributed by atoms with van der Waals surface area (Å²) in [6.07, 6.45) is 5.16. The minimum atomic E-state index is -0.223. The zero-order chi connectivity index (χ0) is 17.4. The molecule has 2 heterocycles. The molecule has 140 valence electrons. The zero-order valence-electron chi connectivity index (χ0n) is 14.6. The molecule has 1 fully saturated rings. The standard InChI is InChI=1S/C17H26ClN5O.HI/c1-2-20-17(21-8-7-13-5-6-15(18)22-11-13)23-9-3-4-14(12-23)10-16(19)24;/h5-6,11,14H,2-4,7-10,12H2,1H3,(H2,19,24)(H,20,21);1H. The van der Waals surface area contributed by atoms with E-state index >= 15 is 0 Å². The molecule has 1 atom stereocenters. The summed E-state index contributed by atoms with van der Waals surface area (Å²) in [5.41, 5.74) is 6.46. The highest BCUT2D eigenvalue weighted by atomic mass is 127. The molecular formula is C17H27ClIN5O. The number of halogens is 2. The Morgan fingerprint density at radius 2 is 2.32 bits per heavy atom. The van der Waals surface area contributed by atoms with Crippen molar-refractivity contribution < 1.29 is 4.79 Å². The van der Waals surface area contributed by atoms with Crippen molar-refractivity contribution in [3.05, 3.63) is 29.0 Å². The molecule has 25 heavy (non-hydrogen) atoms. The Labute approximate surface area is 171 Å². The smallest absolute Gasteiger partial charge is 0.217 e. The van der Waals surface area contributed by atoms with Crippen molar-refractivity contribution >= 4 is 47.4 Å². The summed E-state index contributed by atoms with van der Waals surface area (Å²) in [5, 5.41) is 3.85. The molecule has 0 radical (unpaired) electrons. The summed E-state index contributed by atoms with van der Waals surface area (Å²) >= 11 is 5.80. The third-order valence-electron chi connectivity index (χ3n) is 4.09. The van der Waals surface area contributed by atoms with E-state index in [1.807, 2.05) is 6.07 Å². The van der Waals surface area contributed by atoms with Crippen molar-refractivity contribution in [1.29, 1.82) is 0 Å². The fourth-order valence-corrected chi connectivity index (χ4v) is 3.09. The maximum atomic E-state index is 11.2. The number of rotatable bonds is 6. The molecule has 1 saturated heterocycles. The molecule has 1 aromatic rings. The van der Waals surface area contributed by atoms with E-state index in [1.165, 1.54) is 0 Å². The Morgan fingerprint density at radius 3 is 2.96 bits per heavy atom. The van der Waals surface area contributed by atoms with Gasteiger partial charge in [0, 0.05) is 38.8 Å². The van der Waals surface area contributed by atoms with Crippen LogP contribution in [0.15, 0.2) is 23.3 Å². The molecule has 0 saturated carbocycles. The Bertz CT molecular complexity index is 567. The average molecular weight is 480 g/mol. The number of primary amides is 1. The number of hydrogen-bond donors (Lipinski definition) is 2. The fraction of sp³-hybridized carbons (Fsp3) is 0.588. The molecule has 0 aliphatic carbocycles. The molecule has 1 aliphatic rings. The van der Waals surface area contributed by atoms with Gasteiger partial charge in [-0.3, -0.25) is 9.79 Å². The highest BCUT2D eigenvalue weighted by Crippen LogP contribution is 2.19. The third kappa shape index (κ3) is 7.77. The summed E-state index contributed by atoms with van der Waals surface area (Å²) in [4.78, 5) is 22.2. The molecule has 3 N–H and O–H groups in total. The number of piperidine rings is 1. The van der Waals surface area contributed by atoms with Gasteiger partial charge in [-0.15, -0.1) is 24.0 Å². The minimum Gasteiger partial charge on any atom is -0.370 e. The Morgan fingerprint density at radius 1 is 1.52 bits per heavy atom. The van der Waals surface area contributed by atoms with E-state index in [2.05, 4.69) is 22.1 Å². The number of hydrogen-bond acceptors (Lipinski definition) is 3. The Balaban J connectivity index is 0.00000312. The molecule has 1 aromatic heterocycles. The van der Waals surface area contributed by atoms with Gasteiger partial charge in [0.2, 0.25) is 5.91 Å². The number of pyridine rings is 1. The van der Waals surface area contributed by atoms with Crippen LogP contribution < -0.4 is 11.1 Å². The number of amides is 1. The van der Waals surface area contributed by atoms with Crippen LogP contribution in [0.4, 0.5) is 0 Å². The van der Waals surface area contributed by atoms with Crippen LogP contribution in [0.1, 0.15) is 31.7 Å². The predicted octanol–water partition coefficient (Wildman–Crippen LogP) is 2.45. The second kappa shape index (κ2) is 11.5. The summed E-state index contributed by atoms with van der Waals surface area (Å²) in [7, 11) is 0. The summed E-state index contributed by atoms with van der Waals surface area (Å²) in [6, 6.07) is 3.77. The van der Waals surface area contributed by atoms with Gasteiger partial charge in [-0.1, -0.05) is 17.7 Å². The quantitative estimate of drug-likeness (QED) is 0.284. The number of nitrogens with two attached hydrogens (primary N) is 1. The highest BCUT2D eigenvalue weighted by Gasteiger charge is 2.23. The van der Waals surface area contributed by atoms with Crippen LogP contribution in [0, 0.1) is 5.92 Å². The maximum Gasteiger partial charge on any atom is 0.217 e. The van der Waals surface area contributed by atoms with Gasteiger partial charge in [0.1, 0.15) is 5.15 Å². The van der Waals surface area contributed by atoms with E-state index in [1.54, 1.807) is 12.3 Å². The summed E-state index contributed by atoms with van der Waals surface area (Å²) in [5.74, 6) is 1.01. The monoisotopic (exact) mass is 479 g/mol.